The summed E-state index contributed by atoms with van der Waals surface area (Å²) in [6.07, 6.45) is -9.56. The zero-order valence-corrected chi connectivity index (χ0v) is 23.4. The van der Waals surface area contributed by atoms with E-state index in [-0.39, 0.29) is 46.5 Å². The summed E-state index contributed by atoms with van der Waals surface area (Å²) in [5.74, 6) is -2.18. The lowest BCUT2D eigenvalue weighted by Crippen LogP contribution is -2.53. The Hall–Kier alpha value is -4.12. The monoisotopic (exact) mass is 639 g/mol. The molecule has 0 saturated heterocycles. The Morgan fingerprint density at radius 3 is 2.30 bits per heavy atom. The predicted octanol–water partition coefficient (Wildman–Crippen LogP) is 4.55. The molecule has 2 aromatic carbocycles. The van der Waals surface area contributed by atoms with E-state index >= 15 is 0 Å². The average Bonchev–Trinajstić information content (AvgIpc) is 2.95. The van der Waals surface area contributed by atoms with Gasteiger partial charge in [0.1, 0.15) is 18.1 Å². The van der Waals surface area contributed by atoms with Gasteiger partial charge in [-0.05, 0) is 49.4 Å². The van der Waals surface area contributed by atoms with Gasteiger partial charge >= 0.3 is 12.4 Å². The van der Waals surface area contributed by atoms with Crippen molar-refractivity contribution in [1.82, 2.24) is 10.3 Å². The van der Waals surface area contributed by atoms with Crippen molar-refractivity contribution < 1.29 is 58.5 Å². The van der Waals surface area contributed by atoms with Crippen molar-refractivity contribution in [2.24, 2.45) is 0 Å². The minimum atomic E-state index is -4.94. The summed E-state index contributed by atoms with van der Waals surface area (Å²) < 4.78 is 126. The van der Waals surface area contributed by atoms with Crippen LogP contribution >= 0.6 is 0 Å². The maximum atomic E-state index is 13.8. The van der Waals surface area contributed by atoms with E-state index in [0.717, 1.165) is 35.6 Å². The Balaban J connectivity index is 0.000000393. The molecule has 17 heteroatoms. The highest BCUT2D eigenvalue weighted by Crippen LogP contribution is 2.39. The zero-order chi connectivity index (χ0) is 32.4. The number of sulfonamides is 1. The van der Waals surface area contributed by atoms with Gasteiger partial charge in [-0.15, -0.1) is 0 Å². The molecule has 0 saturated carbocycles. The molecule has 2 heterocycles. The maximum Gasteiger partial charge on any atom is 0.433 e. The van der Waals surface area contributed by atoms with Crippen LogP contribution in [0.3, 0.4) is 0 Å². The molecule has 1 atom stereocenters. The van der Waals surface area contributed by atoms with E-state index in [2.05, 4.69) is 4.98 Å². The maximum absolute atomic E-state index is 13.8. The first kappa shape index (κ1) is 33.4. The number of rotatable bonds is 5. The van der Waals surface area contributed by atoms with Crippen molar-refractivity contribution in [3.05, 3.63) is 66.1 Å². The number of nitrogens with one attached hydrogen (secondary N) is 1. The predicted molar refractivity (Wildman–Crippen MR) is 138 cm³/mol. The topological polar surface area (TPSA) is 118 Å². The van der Waals surface area contributed by atoms with E-state index in [4.69, 9.17) is 14.6 Å². The fraction of sp³-hybridized carbons (Fsp3) is 0.308. The van der Waals surface area contributed by atoms with Crippen molar-refractivity contribution >= 4 is 21.6 Å². The molecule has 43 heavy (non-hydrogen) atoms. The van der Waals surface area contributed by atoms with Crippen LogP contribution < -0.4 is 19.1 Å². The van der Waals surface area contributed by atoms with Gasteiger partial charge in [0.05, 0.1) is 29.9 Å². The Morgan fingerprint density at radius 1 is 1.07 bits per heavy atom. The summed E-state index contributed by atoms with van der Waals surface area (Å²) in [7, 11) is -1.92. The zero-order valence-electron chi connectivity index (χ0n) is 22.5. The third-order valence-electron chi connectivity index (χ3n) is 6.05. The third kappa shape index (κ3) is 7.10. The molecule has 0 unspecified atom stereocenters. The molecule has 0 fully saturated rings. The van der Waals surface area contributed by atoms with Gasteiger partial charge in [0.15, 0.2) is 11.6 Å². The SMILES string of the molecule is CNC(=O)[C@@](C)(O)C(F)(F)F.COc1cc(S(=O)(=O)N2CCOc3ccc(-c4cccc(C(F)(F)F)n4)cc32)ccc1F. The molecule has 1 aliphatic rings. The molecule has 1 aromatic heterocycles. The standard InChI is InChI=1S/C21H16F4N2O4S.C5H8F3NO2/c1-30-19-12-14(6-7-15(19)22)32(28,29)27-9-10-31-18-8-5-13(11-17(18)27)16-3-2-4-20(26-16)21(23,24)25;1-4(11,3(10)9-2)5(6,7)8/h2-8,11-12H,9-10H2,1H3;11H,1-2H3,(H,9,10)/t;4-/m.1/s1. The van der Waals surface area contributed by atoms with Crippen LogP contribution in [0.1, 0.15) is 12.6 Å². The summed E-state index contributed by atoms with van der Waals surface area (Å²) in [5.41, 5.74) is -3.93. The number of aromatic nitrogens is 1. The highest BCUT2D eigenvalue weighted by atomic mass is 32.2. The van der Waals surface area contributed by atoms with Crippen LogP contribution in [0, 0.1) is 5.82 Å². The number of pyridine rings is 1. The normalized spacial score (nSPS) is 14.8. The van der Waals surface area contributed by atoms with Gasteiger partial charge in [-0.2, -0.15) is 26.3 Å². The highest BCUT2D eigenvalue weighted by Gasteiger charge is 2.55. The number of benzene rings is 2. The van der Waals surface area contributed by atoms with Crippen molar-refractivity contribution in [2.75, 3.05) is 31.6 Å². The van der Waals surface area contributed by atoms with Gasteiger partial charge in [-0.1, -0.05) is 6.07 Å². The van der Waals surface area contributed by atoms with Crippen LogP contribution in [-0.4, -0.2) is 63.5 Å². The highest BCUT2D eigenvalue weighted by molar-refractivity contribution is 7.92. The number of carbonyl (C=O) groups excluding carboxylic acids is 1. The molecule has 4 rings (SSSR count). The van der Waals surface area contributed by atoms with Crippen molar-refractivity contribution in [1.29, 1.82) is 0 Å². The number of fused-ring (bicyclic) bond motifs is 1. The summed E-state index contributed by atoms with van der Waals surface area (Å²) in [5, 5.41) is 10.3. The number of aliphatic hydroxyl groups is 1. The van der Waals surface area contributed by atoms with Gasteiger partial charge in [-0.3, -0.25) is 9.10 Å². The van der Waals surface area contributed by atoms with Crippen LogP contribution in [0.2, 0.25) is 0 Å². The minimum absolute atomic E-state index is 0.0222. The number of likely N-dealkylation sites (N-methyl/N-ethyl adjacent to an activating group) is 1. The second kappa shape index (κ2) is 12.2. The second-order valence-corrected chi connectivity index (χ2v) is 10.8. The molecule has 2 N–H and O–H groups in total. The largest absolute Gasteiger partial charge is 0.494 e. The average molecular weight is 640 g/mol. The number of carbonyl (C=O) groups is 1. The number of hydrogen-bond donors (Lipinski definition) is 2. The van der Waals surface area contributed by atoms with Crippen LogP contribution in [-0.2, 0) is 21.0 Å². The Kier molecular flexibility index (Phi) is 9.50. The summed E-state index contributed by atoms with van der Waals surface area (Å²) in [6.45, 7) is 0.409. The summed E-state index contributed by atoms with van der Waals surface area (Å²) in [6, 6.07) is 11.0. The molecule has 0 bridgehead atoms. The number of anilines is 1. The van der Waals surface area contributed by atoms with E-state index in [0.29, 0.717) is 6.92 Å². The van der Waals surface area contributed by atoms with Crippen LogP contribution in [0.25, 0.3) is 11.3 Å². The van der Waals surface area contributed by atoms with E-state index < -0.39 is 45.4 Å². The van der Waals surface area contributed by atoms with Gasteiger partial charge in [0.2, 0.25) is 5.60 Å². The van der Waals surface area contributed by atoms with Crippen LogP contribution in [0.15, 0.2) is 59.5 Å². The van der Waals surface area contributed by atoms with Crippen LogP contribution in [0.5, 0.6) is 11.5 Å². The lowest BCUT2D eigenvalue weighted by Gasteiger charge is -2.31. The molecule has 234 valence electrons. The molecule has 0 spiro atoms. The van der Waals surface area contributed by atoms with Crippen molar-refractivity contribution in [3.8, 4) is 22.8 Å². The van der Waals surface area contributed by atoms with Gasteiger partial charge in [0, 0.05) is 18.7 Å². The quantitative estimate of drug-likeness (QED) is 0.394. The molecule has 0 aliphatic carbocycles. The lowest BCUT2D eigenvalue weighted by atomic mass is 10.1. The number of nitrogens with zero attached hydrogens (tertiary/aromatic N) is 2. The molecule has 1 amide bonds. The molecule has 1 aliphatic heterocycles. The van der Waals surface area contributed by atoms with Gasteiger partial charge < -0.3 is 19.9 Å². The molecular formula is C26H24F7N3O6S. The summed E-state index contributed by atoms with van der Waals surface area (Å²) in [4.78, 5) is 13.8. The Labute approximate surface area is 240 Å². The molecule has 3 aromatic rings. The van der Waals surface area contributed by atoms with Gasteiger partial charge in [0.25, 0.3) is 15.9 Å². The van der Waals surface area contributed by atoms with E-state index in [1.54, 1.807) is 5.32 Å². The van der Waals surface area contributed by atoms with E-state index in [9.17, 15) is 43.9 Å². The van der Waals surface area contributed by atoms with E-state index in [1.165, 1.54) is 37.4 Å². The number of halogens is 7. The fourth-order valence-electron chi connectivity index (χ4n) is 3.66. The molecule has 9 nitrogen and oxygen atoms in total. The van der Waals surface area contributed by atoms with Gasteiger partial charge in [-0.25, -0.2) is 17.8 Å². The fourth-order valence-corrected chi connectivity index (χ4v) is 5.12. The minimum Gasteiger partial charge on any atom is -0.494 e. The first-order valence-corrected chi connectivity index (χ1v) is 13.5. The lowest BCUT2D eigenvalue weighted by molar-refractivity contribution is -0.245. The second-order valence-electron chi connectivity index (χ2n) is 8.96. The van der Waals surface area contributed by atoms with E-state index in [1.807, 2.05) is 0 Å². The van der Waals surface area contributed by atoms with Crippen molar-refractivity contribution in [2.45, 2.75) is 29.8 Å². The Bertz CT molecular complexity index is 1590. The number of hydrogen-bond acceptors (Lipinski definition) is 7. The van der Waals surface area contributed by atoms with Crippen LogP contribution in [0.4, 0.5) is 36.4 Å². The first-order valence-electron chi connectivity index (χ1n) is 12.0. The summed E-state index contributed by atoms with van der Waals surface area (Å²) >= 11 is 0. The third-order valence-corrected chi connectivity index (χ3v) is 7.86. The molecule has 0 radical (unpaired) electrons. The number of methoxy groups -OCH3 is 1. The first-order chi connectivity index (χ1) is 19.8. The number of amides is 1. The van der Waals surface area contributed by atoms with Crippen molar-refractivity contribution in [3.63, 3.8) is 0 Å². The smallest absolute Gasteiger partial charge is 0.433 e. The molecular weight excluding hydrogens is 615 g/mol. The number of ether oxygens (including phenoxy) is 2. The Morgan fingerprint density at radius 2 is 1.74 bits per heavy atom. The number of alkyl halides is 6.